The standard InChI is InChI=1S/C17H18N4O6/c1-8-5-9(2)20-16(13(8)15(18)19)27-17(22)10-6-11(21(23)24)14(26-4)12(7-10)25-3/h5-7H,1-4H3,(H3,18,19). The number of nitrogens with zero attached hydrogens (tertiary/aromatic N) is 2. The Bertz CT molecular complexity index is 942. The van der Waals surface area contributed by atoms with Gasteiger partial charge in [-0.2, -0.15) is 0 Å². The highest BCUT2D eigenvalue weighted by atomic mass is 16.6. The van der Waals surface area contributed by atoms with Crippen molar-refractivity contribution in [3.8, 4) is 17.4 Å². The Balaban J connectivity index is 2.53. The molecule has 0 saturated heterocycles. The second kappa shape index (κ2) is 7.68. The molecule has 1 heterocycles. The van der Waals surface area contributed by atoms with Crippen LogP contribution in [0.4, 0.5) is 5.69 Å². The van der Waals surface area contributed by atoms with E-state index in [2.05, 4.69) is 4.98 Å². The van der Waals surface area contributed by atoms with Crippen molar-refractivity contribution in [2.75, 3.05) is 14.2 Å². The van der Waals surface area contributed by atoms with E-state index in [-0.39, 0.29) is 34.3 Å². The number of esters is 1. The summed E-state index contributed by atoms with van der Waals surface area (Å²) in [5.74, 6) is -1.51. The number of benzene rings is 1. The summed E-state index contributed by atoms with van der Waals surface area (Å²) >= 11 is 0. The number of rotatable bonds is 6. The summed E-state index contributed by atoms with van der Waals surface area (Å²) in [5.41, 5.74) is 6.29. The molecule has 0 radical (unpaired) electrons. The van der Waals surface area contributed by atoms with Gasteiger partial charge in [0.25, 0.3) is 0 Å². The zero-order valence-electron chi connectivity index (χ0n) is 15.2. The molecule has 0 unspecified atom stereocenters. The average Bonchev–Trinajstić information content (AvgIpc) is 2.59. The van der Waals surface area contributed by atoms with Crippen molar-refractivity contribution in [2.45, 2.75) is 13.8 Å². The van der Waals surface area contributed by atoms with Crippen LogP contribution < -0.4 is 19.9 Å². The van der Waals surface area contributed by atoms with E-state index in [1.54, 1.807) is 19.9 Å². The molecule has 1 aromatic heterocycles. The highest BCUT2D eigenvalue weighted by Gasteiger charge is 2.26. The summed E-state index contributed by atoms with van der Waals surface area (Å²) in [6, 6.07) is 3.96. The van der Waals surface area contributed by atoms with Gasteiger partial charge in [0, 0.05) is 11.8 Å². The highest BCUT2D eigenvalue weighted by Crippen LogP contribution is 2.38. The van der Waals surface area contributed by atoms with Crippen LogP contribution in [0.25, 0.3) is 0 Å². The lowest BCUT2D eigenvalue weighted by molar-refractivity contribution is -0.385. The Labute approximate surface area is 154 Å². The van der Waals surface area contributed by atoms with Gasteiger partial charge in [0.1, 0.15) is 5.84 Å². The zero-order valence-corrected chi connectivity index (χ0v) is 15.2. The van der Waals surface area contributed by atoms with Crippen LogP contribution in [-0.2, 0) is 0 Å². The number of ether oxygens (including phenoxy) is 3. The van der Waals surface area contributed by atoms with E-state index in [0.717, 1.165) is 6.07 Å². The molecule has 0 aliphatic carbocycles. The minimum atomic E-state index is -0.918. The van der Waals surface area contributed by atoms with Crippen molar-refractivity contribution in [3.63, 3.8) is 0 Å². The van der Waals surface area contributed by atoms with Crippen LogP contribution in [0.3, 0.4) is 0 Å². The van der Waals surface area contributed by atoms with Crippen LogP contribution in [0.2, 0.25) is 0 Å². The number of nitro groups is 1. The fourth-order valence-electron chi connectivity index (χ4n) is 2.55. The van der Waals surface area contributed by atoms with Gasteiger partial charge >= 0.3 is 11.7 Å². The van der Waals surface area contributed by atoms with Gasteiger partial charge in [0.2, 0.25) is 11.6 Å². The van der Waals surface area contributed by atoms with Crippen LogP contribution >= 0.6 is 0 Å². The number of amidine groups is 1. The molecule has 0 aliphatic rings. The number of nitrogens with two attached hydrogens (primary N) is 1. The molecule has 0 spiro atoms. The summed E-state index contributed by atoms with van der Waals surface area (Å²) in [7, 11) is 2.54. The van der Waals surface area contributed by atoms with E-state index in [0.29, 0.717) is 11.3 Å². The molecule has 0 aliphatic heterocycles. The van der Waals surface area contributed by atoms with Gasteiger partial charge in [-0.05, 0) is 31.5 Å². The summed E-state index contributed by atoms with van der Waals surface area (Å²) in [6.45, 7) is 3.39. The molecule has 10 heteroatoms. The molecule has 142 valence electrons. The topological polar surface area (TPSA) is 151 Å². The normalized spacial score (nSPS) is 10.2. The first-order valence-electron chi connectivity index (χ1n) is 7.64. The molecule has 0 bridgehead atoms. The van der Waals surface area contributed by atoms with Crippen LogP contribution in [-0.4, -0.2) is 35.9 Å². The number of nitrogens with one attached hydrogen (secondary N) is 1. The number of nitrogen functional groups attached to an aromatic ring is 1. The molecule has 2 rings (SSSR count). The number of hydrogen-bond acceptors (Lipinski definition) is 8. The van der Waals surface area contributed by atoms with E-state index in [4.69, 9.17) is 25.4 Å². The number of carbonyl (C=O) groups is 1. The minimum Gasteiger partial charge on any atom is -0.493 e. The van der Waals surface area contributed by atoms with Gasteiger partial charge in [-0.1, -0.05) is 0 Å². The number of aryl methyl sites for hydroxylation is 2. The third-order valence-corrected chi connectivity index (χ3v) is 3.66. The monoisotopic (exact) mass is 374 g/mol. The second-order valence-corrected chi connectivity index (χ2v) is 5.55. The van der Waals surface area contributed by atoms with E-state index < -0.39 is 16.6 Å². The van der Waals surface area contributed by atoms with Crippen molar-refractivity contribution >= 4 is 17.5 Å². The number of carbonyl (C=O) groups excluding carboxylic acids is 1. The summed E-state index contributed by atoms with van der Waals surface area (Å²) in [5, 5.41) is 18.9. The molecule has 0 amide bonds. The first kappa shape index (κ1) is 19.6. The van der Waals surface area contributed by atoms with Gasteiger partial charge in [0.05, 0.1) is 30.3 Å². The predicted molar refractivity (Wildman–Crippen MR) is 95.9 cm³/mol. The van der Waals surface area contributed by atoms with Gasteiger partial charge < -0.3 is 19.9 Å². The first-order valence-corrected chi connectivity index (χ1v) is 7.64. The van der Waals surface area contributed by atoms with Gasteiger partial charge in [0.15, 0.2) is 5.75 Å². The highest BCUT2D eigenvalue weighted by molar-refractivity contribution is 6.00. The van der Waals surface area contributed by atoms with E-state index in [1.165, 1.54) is 20.3 Å². The fourth-order valence-corrected chi connectivity index (χ4v) is 2.55. The zero-order chi connectivity index (χ0) is 20.3. The predicted octanol–water partition coefficient (Wildman–Crippen LogP) is 2.13. The maximum Gasteiger partial charge on any atom is 0.345 e. The Kier molecular flexibility index (Phi) is 5.59. The number of nitro benzene ring substituents is 1. The molecular weight excluding hydrogens is 356 g/mol. The smallest absolute Gasteiger partial charge is 0.345 e. The fraction of sp³-hybridized carbons (Fsp3) is 0.235. The molecule has 10 nitrogen and oxygen atoms in total. The molecule has 0 fully saturated rings. The lowest BCUT2D eigenvalue weighted by Crippen LogP contribution is -2.19. The quantitative estimate of drug-likeness (QED) is 0.256. The maximum absolute atomic E-state index is 12.6. The molecule has 2 aromatic rings. The number of aromatic nitrogens is 1. The lowest BCUT2D eigenvalue weighted by Gasteiger charge is -2.13. The molecule has 3 N–H and O–H groups in total. The third-order valence-electron chi connectivity index (χ3n) is 3.66. The number of hydrogen-bond donors (Lipinski definition) is 2. The average molecular weight is 374 g/mol. The summed E-state index contributed by atoms with van der Waals surface area (Å²) in [4.78, 5) is 27.2. The maximum atomic E-state index is 12.6. The Morgan fingerprint density at radius 3 is 2.41 bits per heavy atom. The van der Waals surface area contributed by atoms with Gasteiger partial charge in [-0.15, -0.1) is 0 Å². The van der Waals surface area contributed by atoms with Crippen molar-refractivity contribution in [2.24, 2.45) is 5.73 Å². The number of pyridine rings is 1. The van der Waals surface area contributed by atoms with Gasteiger partial charge in [-0.3, -0.25) is 15.5 Å². The number of methoxy groups -OCH3 is 2. The van der Waals surface area contributed by atoms with Crippen molar-refractivity contribution in [1.82, 2.24) is 4.98 Å². The summed E-state index contributed by atoms with van der Waals surface area (Å²) < 4.78 is 15.3. The Morgan fingerprint density at radius 2 is 1.89 bits per heavy atom. The molecular formula is C17H18N4O6. The first-order chi connectivity index (χ1) is 12.7. The largest absolute Gasteiger partial charge is 0.493 e. The third kappa shape index (κ3) is 3.94. The SMILES string of the molecule is COc1cc(C(=O)Oc2nc(C)cc(C)c2C(=N)N)cc([N+](=O)[O-])c1OC. The second-order valence-electron chi connectivity index (χ2n) is 5.55. The van der Waals surface area contributed by atoms with Crippen molar-refractivity contribution < 1.29 is 23.9 Å². The lowest BCUT2D eigenvalue weighted by atomic mass is 10.1. The van der Waals surface area contributed by atoms with Crippen molar-refractivity contribution in [1.29, 1.82) is 5.41 Å². The van der Waals surface area contributed by atoms with Crippen LogP contribution in [0.15, 0.2) is 18.2 Å². The molecule has 0 atom stereocenters. The minimum absolute atomic E-state index is 0.00109. The summed E-state index contributed by atoms with van der Waals surface area (Å²) in [6.07, 6.45) is 0. The molecule has 27 heavy (non-hydrogen) atoms. The Morgan fingerprint density at radius 1 is 1.22 bits per heavy atom. The van der Waals surface area contributed by atoms with Crippen LogP contribution in [0.5, 0.6) is 17.4 Å². The molecule has 1 aromatic carbocycles. The Hall–Kier alpha value is -3.69. The van der Waals surface area contributed by atoms with E-state index >= 15 is 0 Å². The van der Waals surface area contributed by atoms with Crippen molar-refractivity contribution in [3.05, 3.63) is 50.7 Å². The van der Waals surface area contributed by atoms with Crippen LogP contribution in [0.1, 0.15) is 27.2 Å². The van der Waals surface area contributed by atoms with Crippen LogP contribution in [0, 0.1) is 29.4 Å². The van der Waals surface area contributed by atoms with E-state index in [9.17, 15) is 14.9 Å². The molecule has 0 saturated carbocycles. The van der Waals surface area contributed by atoms with Gasteiger partial charge in [-0.25, -0.2) is 9.78 Å². The van der Waals surface area contributed by atoms with E-state index in [1.807, 2.05) is 0 Å².